The molecule has 1 aliphatic rings. The molecule has 0 N–H and O–H groups in total. The molecule has 1 atom stereocenters. The van der Waals surface area contributed by atoms with E-state index in [1.165, 1.54) is 5.56 Å². The Balaban J connectivity index is 1.38. The number of rotatable bonds is 5. The highest BCUT2D eigenvalue weighted by Crippen LogP contribution is 2.30. The second-order valence-electron chi connectivity index (χ2n) is 6.81. The molecule has 2 aromatic carbocycles. The molecule has 3 aromatic rings. The van der Waals surface area contributed by atoms with Crippen LogP contribution in [0.4, 0.5) is 5.69 Å². The summed E-state index contributed by atoms with van der Waals surface area (Å²) >= 11 is 0. The standard InChI is InChI=1S/C23H22N2O3/c1-17-9-10-18-6-2-3-7-21(18)25(17)23(26)16-27-19-11-13-20(14-12-19)28-22-8-4-5-15-24-22/h2-8,11-15,17H,9-10,16H2,1H3/t17-/m1/s1. The molecule has 1 aromatic heterocycles. The Kier molecular flexibility index (Phi) is 5.24. The van der Waals surface area contributed by atoms with Gasteiger partial charge in [-0.15, -0.1) is 0 Å². The highest BCUT2D eigenvalue weighted by molar-refractivity contribution is 5.96. The number of amides is 1. The summed E-state index contributed by atoms with van der Waals surface area (Å²) in [6, 6.07) is 20.9. The van der Waals surface area contributed by atoms with Gasteiger partial charge in [-0.1, -0.05) is 24.3 Å². The zero-order valence-corrected chi connectivity index (χ0v) is 15.7. The topological polar surface area (TPSA) is 51.7 Å². The molecule has 0 saturated heterocycles. The molecule has 142 valence electrons. The minimum atomic E-state index is -0.0338. The third-order valence-electron chi connectivity index (χ3n) is 4.84. The molecule has 2 heterocycles. The molecule has 5 nitrogen and oxygen atoms in total. The third-order valence-corrected chi connectivity index (χ3v) is 4.84. The number of ether oxygens (including phenoxy) is 2. The number of aryl methyl sites for hydroxylation is 1. The first-order valence-electron chi connectivity index (χ1n) is 9.42. The minimum absolute atomic E-state index is 0.000874. The van der Waals surface area contributed by atoms with Crippen LogP contribution in [0.5, 0.6) is 17.4 Å². The number of carbonyl (C=O) groups excluding carboxylic acids is 1. The number of anilines is 1. The fourth-order valence-corrected chi connectivity index (χ4v) is 3.42. The monoisotopic (exact) mass is 374 g/mol. The van der Waals surface area contributed by atoms with Crippen molar-refractivity contribution in [2.75, 3.05) is 11.5 Å². The number of hydrogen-bond acceptors (Lipinski definition) is 4. The van der Waals surface area contributed by atoms with E-state index in [2.05, 4.69) is 18.0 Å². The van der Waals surface area contributed by atoms with E-state index in [0.29, 0.717) is 17.4 Å². The van der Waals surface area contributed by atoms with Crippen LogP contribution in [0.3, 0.4) is 0 Å². The molecule has 1 amide bonds. The molecular formula is C23H22N2O3. The maximum absolute atomic E-state index is 12.8. The summed E-state index contributed by atoms with van der Waals surface area (Å²) in [6.45, 7) is 2.08. The lowest BCUT2D eigenvalue weighted by Gasteiger charge is -2.35. The third kappa shape index (κ3) is 3.98. The molecule has 1 aliphatic heterocycles. The number of hydrogen-bond donors (Lipinski definition) is 0. The number of carbonyl (C=O) groups is 1. The lowest BCUT2D eigenvalue weighted by molar-refractivity contribution is -0.121. The van der Waals surface area contributed by atoms with Crippen molar-refractivity contribution in [1.29, 1.82) is 0 Å². The average molecular weight is 374 g/mol. The van der Waals surface area contributed by atoms with Crippen LogP contribution in [0.2, 0.25) is 0 Å². The zero-order chi connectivity index (χ0) is 19.3. The normalized spacial score (nSPS) is 15.6. The van der Waals surface area contributed by atoms with Gasteiger partial charge in [0.15, 0.2) is 6.61 Å². The van der Waals surface area contributed by atoms with Crippen LogP contribution in [0.25, 0.3) is 0 Å². The number of pyridine rings is 1. The molecule has 0 unspecified atom stereocenters. The first-order valence-corrected chi connectivity index (χ1v) is 9.42. The summed E-state index contributed by atoms with van der Waals surface area (Å²) in [7, 11) is 0. The molecule has 0 spiro atoms. The lowest BCUT2D eigenvalue weighted by Crippen LogP contribution is -2.44. The summed E-state index contributed by atoms with van der Waals surface area (Å²) in [5.41, 5.74) is 2.21. The van der Waals surface area contributed by atoms with E-state index in [1.54, 1.807) is 36.5 Å². The number of benzene rings is 2. The van der Waals surface area contributed by atoms with E-state index in [9.17, 15) is 4.79 Å². The van der Waals surface area contributed by atoms with E-state index in [1.807, 2.05) is 35.2 Å². The highest BCUT2D eigenvalue weighted by Gasteiger charge is 2.28. The summed E-state index contributed by atoms with van der Waals surface area (Å²) in [5.74, 6) is 1.79. The van der Waals surface area contributed by atoms with E-state index >= 15 is 0 Å². The molecule has 4 rings (SSSR count). The van der Waals surface area contributed by atoms with Crippen molar-refractivity contribution in [2.24, 2.45) is 0 Å². The summed E-state index contributed by atoms with van der Waals surface area (Å²) in [6.07, 6.45) is 3.64. The lowest BCUT2D eigenvalue weighted by atomic mass is 9.96. The van der Waals surface area contributed by atoms with Crippen molar-refractivity contribution in [3.05, 3.63) is 78.5 Å². The predicted molar refractivity (Wildman–Crippen MR) is 108 cm³/mol. The number of para-hydroxylation sites is 1. The Hall–Kier alpha value is -3.34. The zero-order valence-electron chi connectivity index (χ0n) is 15.7. The van der Waals surface area contributed by atoms with Crippen molar-refractivity contribution >= 4 is 11.6 Å². The summed E-state index contributed by atoms with van der Waals surface area (Å²) < 4.78 is 11.4. The van der Waals surface area contributed by atoms with Crippen LogP contribution in [-0.4, -0.2) is 23.5 Å². The number of aromatic nitrogens is 1. The Morgan fingerprint density at radius 1 is 1.04 bits per heavy atom. The van der Waals surface area contributed by atoms with Gasteiger partial charge in [-0.05, 0) is 61.7 Å². The Bertz CT molecular complexity index is 942. The van der Waals surface area contributed by atoms with Gasteiger partial charge in [0.2, 0.25) is 5.88 Å². The van der Waals surface area contributed by atoms with Gasteiger partial charge < -0.3 is 14.4 Å². The van der Waals surface area contributed by atoms with E-state index in [-0.39, 0.29) is 18.6 Å². The van der Waals surface area contributed by atoms with Crippen molar-refractivity contribution in [1.82, 2.24) is 4.98 Å². The number of fused-ring (bicyclic) bond motifs is 1. The van der Waals surface area contributed by atoms with Crippen LogP contribution in [0.15, 0.2) is 72.9 Å². The van der Waals surface area contributed by atoms with E-state index in [0.717, 1.165) is 18.5 Å². The second kappa shape index (κ2) is 8.13. The smallest absolute Gasteiger partial charge is 0.265 e. The van der Waals surface area contributed by atoms with Crippen LogP contribution >= 0.6 is 0 Å². The average Bonchev–Trinajstić information content (AvgIpc) is 2.74. The first kappa shape index (κ1) is 18.0. The van der Waals surface area contributed by atoms with Crippen molar-refractivity contribution in [3.8, 4) is 17.4 Å². The second-order valence-corrected chi connectivity index (χ2v) is 6.81. The van der Waals surface area contributed by atoms with Gasteiger partial charge >= 0.3 is 0 Å². The van der Waals surface area contributed by atoms with Crippen LogP contribution in [0.1, 0.15) is 18.9 Å². The van der Waals surface area contributed by atoms with Crippen molar-refractivity contribution < 1.29 is 14.3 Å². The SMILES string of the molecule is C[C@@H]1CCc2ccccc2N1C(=O)COc1ccc(Oc2ccccn2)cc1. The maximum Gasteiger partial charge on any atom is 0.265 e. The number of nitrogens with zero attached hydrogens (tertiary/aromatic N) is 2. The highest BCUT2D eigenvalue weighted by atomic mass is 16.5. The Labute approximate surface area is 164 Å². The minimum Gasteiger partial charge on any atom is -0.484 e. The fourth-order valence-electron chi connectivity index (χ4n) is 3.42. The van der Waals surface area contributed by atoms with Crippen molar-refractivity contribution in [3.63, 3.8) is 0 Å². The quantitative estimate of drug-likeness (QED) is 0.654. The van der Waals surface area contributed by atoms with Gasteiger partial charge in [0.1, 0.15) is 11.5 Å². The molecule has 0 fully saturated rings. The van der Waals surface area contributed by atoms with Crippen molar-refractivity contribution in [2.45, 2.75) is 25.8 Å². The predicted octanol–water partition coefficient (Wildman–Crippen LogP) is 4.62. The van der Waals surface area contributed by atoms with Crippen LogP contribution in [-0.2, 0) is 11.2 Å². The Morgan fingerprint density at radius 3 is 2.57 bits per heavy atom. The molecule has 0 aliphatic carbocycles. The van der Waals surface area contributed by atoms with E-state index < -0.39 is 0 Å². The van der Waals surface area contributed by atoms with Crippen LogP contribution in [0, 0.1) is 0 Å². The van der Waals surface area contributed by atoms with Gasteiger partial charge in [0, 0.05) is 24.0 Å². The Morgan fingerprint density at radius 2 is 1.79 bits per heavy atom. The van der Waals surface area contributed by atoms with Crippen LogP contribution < -0.4 is 14.4 Å². The molecule has 0 radical (unpaired) electrons. The largest absolute Gasteiger partial charge is 0.484 e. The molecule has 28 heavy (non-hydrogen) atoms. The van der Waals surface area contributed by atoms with Gasteiger partial charge in [0.25, 0.3) is 5.91 Å². The van der Waals surface area contributed by atoms with Gasteiger partial charge in [-0.2, -0.15) is 0 Å². The molecule has 0 bridgehead atoms. The molecule has 0 saturated carbocycles. The summed E-state index contributed by atoms with van der Waals surface area (Å²) in [5, 5.41) is 0. The van der Waals surface area contributed by atoms with E-state index in [4.69, 9.17) is 9.47 Å². The first-order chi connectivity index (χ1) is 13.7. The summed E-state index contributed by atoms with van der Waals surface area (Å²) in [4.78, 5) is 18.8. The van der Waals surface area contributed by atoms with Gasteiger partial charge in [-0.3, -0.25) is 4.79 Å². The molecular weight excluding hydrogens is 352 g/mol. The molecule has 5 heteroatoms. The maximum atomic E-state index is 12.8. The van der Waals surface area contributed by atoms with Gasteiger partial charge in [-0.25, -0.2) is 4.98 Å². The van der Waals surface area contributed by atoms with Gasteiger partial charge in [0.05, 0.1) is 0 Å². The fraction of sp³-hybridized carbons (Fsp3) is 0.217.